The van der Waals surface area contributed by atoms with E-state index in [9.17, 15) is 19.5 Å². The number of hydrogen-bond acceptors (Lipinski definition) is 4. The number of aromatic hydroxyl groups is 1. The van der Waals surface area contributed by atoms with E-state index in [0.29, 0.717) is 0 Å². The average molecular weight is 377 g/mol. The van der Waals surface area contributed by atoms with Gasteiger partial charge >= 0.3 is 5.97 Å². The number of amides is 2. The number of carbonyl (C=O) groups is 3. The molecule has 0 aliphatic rings. The van der Waals surface area contributed by atoms with Gasteiger partial charge in [-0.05, 0) is 42.8 Å². The predicted octanol–water partition coefficient (Wildman–Crippen LogP) is 2.18. The molecule has 0 bridgehead atoms. The minimum Gasteiger partial charge on any atom is -0.508 e. The van der Waals surface area contributed by atoms with E-state index in [1.54, 1.807) is 12.1 Å². The van der Waals surface area contributed by atoms with Crippen LogP contribution in [0.25, 0.3) is 0 Å². The lowest BCUT2D eigenvalue weighted by atomic mass is 10.1. The SMILES string of the molecule is C[C@H](NC(=O)c1ccc(C(=O)NCc2cccc(O)c2)cc1Cl)C(=O)O. The number of phenols is 1. The predicted molar refractivity (Wildman–Crippen MR) is 95.3 cm³/mol. The second-order valence-corrected chi connectivity index (χ2v) is 5.99. The number of phenolic OH excluding ortho intramolecular Hbond substituents is 1. The standard InChI is InChI=1S/C18H17ClN2O5/c1-10(18(25)26)21-17(24)14-6-5-12(8-15(14)19)16(23)20-9-11-3-2-4-13(22)7-11/h2-8,10,22H,9H2,1H3,(H,20,23)(H,21,24)(H,25,26)/t10-/m0/s1. The van der Waals surface area contributed by atoms with Crippen molar-refractivity contribution in [3.63, 3.8) is 0 Å². The molecule has 0 heterocycles. The highest BCUT2D eigenvalue weighted by molar-refractivity contribution is 6.34. The molecule has 7 nitrogen and oxygen atoms in total. The first-order valence-corrected chi connectivity index (χ1v) is 8.05. The summed E-state index contributed by atoms with van der Waals surface area (Å²) in [7, 11) is 0. The van der Waals surface area contributed by atoms with Crippen molar-refractivity contribution >= 4 is 29.4 Å². The van der Waals surface area contributed by atoms with Gasteiger partial charge in [0, 0.05) is 12.1 Å². The highest BCUT2D eigenvalue weighted by atomic mass is 35.5. The Hall–Kier alpha value is -3.06. The summed E-state index contributed by atoms with van der Waals surface area (Å²) in [6, 6.07) is 9.52. The van der Waals surface area contributed by atoms with Crippen LogP contribution in [0.1, 0.15) is 33.2 Å². The van der Waals surface area contributed by atoms with E-state index in [-0.39, 0.29) is 28.4 Å². The Morgan fingerprint density at radius 3 is 2.46 bits per heavy atom. The normalized spacial score (nSPS) is 11.5. The van der Waals surface area contributed by atoms with Gasteiger partial charge in [-0.15, -0.1) is 0 Å². The third kappa shape index (κ3) is 4.97. The van der Waals surface area contributed by atoms with Crippen molar-refractivity contribution in [3.05, 3.63) is 64.2 Å². The van der Waals surface area contributed by atoms with Gasteiger partial charge in [0.15, 0.2) is 0 Å². The van der Waals surface area contributed by atoms with Gasteiger partial charge in [-0.25, -0.2) is 0 Å². The van der Waals surface area contributed by atoms with Crippen molar-refractivity contribution < 1.29 is 24.6 Å². The first-order valence-electron chi connectivity index (χ1n) is 7.67. The molecule has 0 saturated heterocycles. The van der Waals surface area contributed by atoms with E-state index in [1.165, 1.54) is 37.3 Å². The Kier molecular flexibility index (Phi) is 6.19. The zero-order valence-corrected chi connectivity index (χ0v) is 14.6. The van der Waals surface area contributed by atoms with Gasteiger partial charge in [0.25, 0.3) is 11.8 Å². The molecule has 0 saturated carbocycles. The van der Waals surface area contributed by atoms with Crippen molar-refractivity contribution in [1.82, 2.24) is 10.6 Å². The molecule has 26 heavy (non-hydrogen) atoms. The average Bonchev–Trinajstić information content (AvgIpc) is 2.59. The number of rotatable bonds is 6. The van der Waals surface area contributed by atoms with Crippen LogP contribution in [0.2, 0.25) is 5.02 Å². The number of hydrogen-bond donors (Lipinski definition) is 4. The van der Waals surface area contributed by atoms with Gasteiger partial charge < -0.3 is 20.8 Å². The second kappa shape index (κ2) is 8.35. The van der Waals surface area contributed by atoms with Crippen LogP contribution in [-0.4, -0.2) is 34.0 Å². The van der Waals surface area contributed by atoms with E-state index in [0.717, 1.165) is 5.56 Å². The van der Waals surface area contributed by atoms with Crippen LogP contribution in [0.5, 0.6) is 5.75 Å². The molecule has 0 fully saturated rings. The van der Waals surface area contributed by atoms with Gasteiger partial charge in [0.05, 0.1) is 10.6 Å². The summed E-state index contributed by atoms with van der Waals surface area (Å²) in [5.74, 6) is -2.11. The summed E-state index contributed by atoms with van der Waals surface area (Å²) in [6.07, 6.45) is 0. The summed E-state index contributed by atoms with van der Waals surface area (Å²) < 4.78 is 0. The van der Waals surface area contributed by atoms with Crippen LogP contribution in [0.15, 0.2) is 42.5 Å². The van der Waals surface area contributed by atoms with E-state index in [4.69, 9.17) is 16.7 Å². The van der Waals surface area contributed by atoms with Gasteiger partial charge in [-0.2, -0.15) is 0 Å². The van der Waals surface area contributed by atoms with E-state index < -0.39 is 23.8 Å². The van der Waals surface area contributed by atoms with Crippen molar-refractivity contribution in [3.8, 4) is 5.75 Å². The fourth-order valence-corrected chi connectivity index (χ4v) is 2.39. The topological polar surface area (TPSA) is 116 Å². The molecule has 1 atom stereocenters. The molecule has 136 valence electrons. The third-order valence-electron chi connectivity index (χ3n) is 3.56. The van der Waals surface area contributed by atoms with Crippen LogP contribution in [0.3, 0.4) is 0 Å². The Bertz CT molecular complexity index is 853. The molecule has 0 aliphatic heterocycles. The molecule has 2 aromatic carbocycles. The van der Waals surface area contributed by atoms with Crippen LogP contribution in [0, 0.1) is 0 Å². The monoisotopic (exact) mass is 376 g/mol. The van der Waals surface area contributed by atoms with Gasteiger partial charge in [-0.3, -0.25) is 14.4 Å². The molecular weight excluding hydrogens is 360 g/mol. The summed E-state index contributed by atoms with van der Waals surface area (Å²) >= 11 is 6.05. The Morgan fingerprint density at radius 2 is 1.85 bits per heavy atom. The number of benzene rings is 2. The van der Waals surface area contributed by atoms with Crippen molar-refractivity contribution in [2.45, 2.75) is 19.5 Å². The van der Waals surface area contributed by atoms with Gasteiger partial charge in [0.1, 0.15) is 11.8 Å². The lowest BCUT2D eigenvalue weighted by Gasteiger charge is -2.11. The van der Waals surface area contributed by atoms with Gasteiger partial charge in [0.2, 0.25) is 0 Å². The van der Waals surface area contributed by atoms with Crippen LogP contribution in [-0.2, 0) is 11.3 Å². The summed E-state index contributed by atoms with van der Waals surface area (Å²) in [5, 5.41) is 23.2. The van der Waals surface area contributed by atoms with E-state index >= 15 is 0 Å². The maximum atomic E-state index is 12.2. The maximum absolute atomic E-state index is 12.2. The maximum Gasteiger partial charge on any atom is 0.325 e. The number of carboxylic acid groups (broad SMARTS) is 1. The lowest BCUT2D eigenvalue weighted by molar-refractivity contribution is -0.138. The fraction of sp³-hybridized carbons (Fsp3) is 0.167. The highest BCUT2D eigenvalue weighted by Gasteiger charge is 2.18. The van der Waals surface area contributed by atoms with Crippen molar-refractivity contribution in [2.24, 2.45) is 0 Å². The zero-order chi connectivity index (χ0) is 19.3. The number of carbonyl (C=O) groups excluding carboxylic acids is 2. The minimum atomic E-state index is -1.17. The number of carboxylic acids is 1. The molecule has 0 radical (unpaired) electrons. The molecular formula is C18H17ClN2O5. The number of halogens is 1. The third-order valence-corrected chi connectivity index (χ3v) is 3.87. The van der Waals surface area contributed by atoms with Crippen LogP contribution in [0.4, 0.5) is 0 Å². The molecule has 8 heteroatoms. The minimum absolute atomic E-state index is 0.0325. The smallest absolute Gasteiger partial charge is 0.325 e. The summed E-state index contributed by atoms with van der Waals surface area (Å²) in [5.41, 5.74) is 1.05. The Labute approximate surface area is 154 Å². The molecule has 2 amide bonds. The largest absolute Gasteiger partial charge is 0.508 e. The molecule has 2 rings (SSSR count). The Morgan fingerprint density at radius 1 is 1.12 bits per heavy atom. The molecule has 2 aromatic rings. The first-order chi connectivity index (χ1) is 12.3. The van der Waals surface area contributed by atoms with Crippen molar-refractivity contribution in [1.29, 1.82) is 0 Å². The molecule has 0 aromatic heterocycles. The summed E-state index contributed by atoms with van der Waals surface area (Å²) in [4.78, 5) is 35.0. The quantitative estimate of drug-likeness (QED) is 0.616. The first kappa shape index (κ1) is 19.3. The number of nitrogens with one attached hydrogen (secondary N) is 2. The van der Waals surface area contributed by atoms with Crippen LogP contribution >= 0.6 is 11.6 Å². The van der Waals surface area contributed by atoms with Crippen molar-refractivity contribution in [2.75, 3.05) is 0 Å². The Balaban J connectivity index is 2.04. The van der Waals surface area contributed by atoms with E-state index in [1.807, 2.05) is 0 Å². The molecule has 4 N–H and O–H groups in total. The zero-order valence-electron chi connectivity index (χ0n) is 13.8. The van der Waals surface area contributed by atoms with Crippen LogP contribution < -0.4 is 10.6 Å². The fourth-order valence-electron chi connectivity index (χ4n) is 2.13. The molecule has 0 aliphatic carbocycles. The summed E-state index contributed by atoms with van der Waals surface area (Å²) in [6.45, 7) is 1.54. The molecule has 0 spiro atoms. The van der Waals surface area contributed by atoms with E-state index in [2.05, 4.69) is 10.6 Å². The number of aliphatic carboxylic acids is 1. The van der Waals surface area contributed by atoms with Gasteiger partial charge in [-0.1, -0.05) is 23.7 Å². The highest BCUT2D eigenvalue weighted by Crippen LogP contribution is 2.18. The molecule has 0 unspecified atom stereocenters. The second-order valence-electron chi connectivity index (χ2n) is 5.58. The lowest BCUT2D eigenvalue weighted by Crippen LogP contribution is -2.38.